The van der Waals surface area contributed by atoms with Crippen molar-refractivity contribution in [3.63, 3.8) is 0 Å². The summed E-state index contributed by atoms with van der Waals surface area (Å²) in [5, 5.41) is 14.2. The van der Waals surface area contributed by atoms with Crippen molar-refractivity contribution in [2.45, 2.75) is 26.4 Å². The number of ether oxygens (including phenoxy) is 2. The Morgan fingerprint density at radius 1 is 1.38 bits per heavy atom. The van der Waals surface area contributed by atoms with Gasteiger partial charge in [0.15, 0.2) is 11.5 Å². The topological polar surface area (TPSA) is 74.6 Å². The molecule has 0 aliphatic heterocycles. The second kappa shape index (κ2) is 9.22. The summed E-state index contributed by atoms with van der Waals surface area (Å²) in [7, 11) is 3.49. The second-order valence-corrected chi connectivity index (χ2v) is 6.69. The van der Waals surface area contributed by atoms with Gasteiger partial charge in [-0.25, -0.2) is 0 Å². The number of likely N-dealkylation sites (N-methyl/N-ethyl adjacent to an activating group) is 1. The van der Waals surface area contributed by atoms with Crippen LogP contribution in [0.25, 0.3) is 0 Å². The van der Waals surface area contributed by atoms with Crippen molar-refractivity contribution in [2.24, 2.45) is 0 Å². The third-order valence-electron chi connectivity index (χ3n) is 4.02. The fourth-order valence-corrected chi connectivity index (χ4v) is 3.16. The molecule has 138 valence electrons. The molecule has 1 aromatic heterocycles. The number of carbonyl (C=O) groups excluding carboxylic acids is 1. The van der Waals surface area contributed by atoms with E-state index in [4.69, 9.17) is 14.7 Å². The molecule has 1 N–H and O–H groups in total. The number of nitrogens with one attached hydrogen (secondary N) is 1. The standard InChI is InChI=1S/C19H23N3O3S/c1-5-25-16-7-6-14(10-17(16)24-4)12-22(3)13(2)18(23)21-19-15(11-20)8-9-26-19/h6-10,13H,5,12H2,1-4H3,(H,21,23)/t13-/m1/s1. The monoisotopic (exact) mass is 373 g/mol. The summed E-state index contributed by atoms with van der Waals surface area (Å²) >= 11 is 1.34. The third-order valence-corrected chi connectivity index (χ3v) is 4.85. The number of carbonyl (C=O) groups is 1. The van der Waals surface area contributed by atoms with Crippen molar-refractivity contribution in [3.05, 3.63) is 40.8 Å². The van der Waals surface area contributed by atoms with Gasteiger partial charge in [0.05, 0.1) is 25.3 Å². The molecule has 0 saturated heterocycles. The summed E-state index contributed by atoms with van der Waals surface area (Å²) in [6.07, 6.45) is 0. The number of nitriles is 1. The molecule has 0 bridgehead atoms. The Morgan fingerprint density at radius 3 is 2.81 bits per heavy atom. The van der Waals surface area contributed by atoms with Gasteiger partial charge in [-0.05, 0) is 50.0 Å². The van der Waals surface area contributed by atoms with Gasteiger partial charge in [0.1, 0.15) is 11.1 Å². The van der Waals surface area contributed by atoms with Crippen LogP contribution in [0, 0.1) is 11.3 Å². The van der Waals surface area contributed by atoms with E-state index in [1.54, 1.807) is 18.6 Å². The van der Waals surface area contributed by atoms with E-state index in [0.29, 0.717) is 35.2 Å². The highest BCUT2D eigenvalue weighted by Gasteiger charge is 2.20. The fraction of sp³-hybridized carbons (Fsp3) is 0.368. The molecule has 1 aromatic carbocycles. The van der Waals surface area contributed by atoms with Gasteiger partial charge < -0.3 is 14.8 Å². The minimum absolute atomic E-state index is 0.149. The average Bonchev–Trinajstić information content (AvgIpc) is 3.09. The predicted molar refractivity (Wildman–Crippen MR) is 103 cm³/mol. The average molecular weight is 373 g/mol. The first-order chi connectivity index (χ1) is 12.5. The number of rotatable bonds is 8. The Hall–Kier alpha value is -2.56. The number of benzene rings is 1. The molecule has 0 aliphatic rings. The molecule has 1 atom stereocenters. The predicted octanol–water partition coefficient (Wildman–Crippen LogP) is 3.49. The molecule has 7 heteroatoms. The molecule has 0 fully saturated rings. The Bertz CT molecular complexity index is 798. The van der Waals surface area contributed by atoms with Gasteiger partial charge in [0.25, 0.3) is 0 Å². The molecule has 2 rings (SSSR count). The summed E-state index contributed by atoms with van der Waals surface area (Å²) in [6.45, 7) is 4.90. The largest absolute Gasteiger partial charge is 0.493 e. The first-order valence-corrected chi connectivity index (χ1v) is 9.16. The number of thiophene rings is 1. The fourth-order valence-electron chi connectivity index (χ4n) is 2.42. The Balaban J connectivity index is 2.03. The van der Waals surface area contributed by atoms with Crippen molar-refractivity contribution in [2.75, 3.05) is 26.1 Å². The quantitative estimate of drug-likeness (QED) is 0.767. The SMILES string of the molecule is CCOc1ccc(CN(C)[C@H](C)C(=O)Nc2sccc2C#N)cc1OC. The van der Waals surface area contributed by atoms with Gasteiger partial charge in [-0.15, -0.1) is 11.3 Å². The van der Waals surface area contributed by atoms with Crippen LogP contribution in [0.5, 0.6) is 11.5 Å². The molecule has 1 amide bonds. The zero-order valence-corrected chi connectivity index (χ0v) is 16.2. The summed E-state index contributed by atoms with van der Waals surface area (Å²) in [6, 6.07) is 9.16. The zero-order chi connectivity index (χ0) is 19.1. The normalized spacial score (nSPS) is 11.7. The van der Waals surface area contributed by atoms with Gasteiger partial charge in [0, 0.05) is 6.54 Å². The van der Waals surface area contributed by atoms with Crippen LogP contribution in [-0.2, 0) is 11.3 Å². The summed E-state index contributed by atoms with van der Waals surface area (Å²) in [5.41, 5.74) is 1.50. The lowest BCUT2D eigenvalue weighted by Gasteiger charge is -2.24. The zero-order valence-electron chi connectivity index (χ0n) is 15.4. The molecular weight excluding hydrogens is 350 g/mol. The molecule has 1 heterocycles. The van der Waals surface area contributed by atoms with Crippen molar-refractivity contribution in [3.8, 4) is 17.6 Å². The number of nitrogens with zero attached hydrogens (tertiary/aromatic N) is 2. The van der Waals surface area contributed by atoms with E-state index in [1.165, 1.54) is 11.3 Å². The molecule has 6 nitrogen and oxygen atoms in total. The minimum atomic E-state index is -0.360. The van der Waals surface area contributed by atoms with Crippen LogP contribution in [-0.4, -0.2) is 37.6 Å². The van der Waals surface area contributed by atoms with Crippen molar-refractivity contribution in [1.29, 1.82) is 5.26 Å². The molecule has 0 unspecified atom stereocenters. The number of amides is 1. The lowest BCUT2D eigenvalue weighted by Crippen LogP contribution is -2.39. The summed E-state index contributed by atoms with van der Waals surface area (Å²) < 4.78 is 10.9. The van der Waals surface area contributed by atoms with Crippen LogP contribution < -0.4 is 14.8 Å². The molecule has 26 heavy (non-hydrogen) atoms. The summed E-state index contributed by atoms with van der Waals surface area (Å²) in [4.78, 5) is 14.4. The molecule has 0 radical (unpaired) electrons. The molecular formula is C19H23N3O3S. The van der Waals surface area contributed by atoms with E-state index in [-0.39, 0.29) is 11.9 Å². The lowest BCUT2D eigenvalue weighted by atomic mass is 10.1. The maximum atomic E-state index is 12.5. The first-order valence-electron chi connectivity index (χ1n) is 8.28. The Kier molecular flexibility index (Phi) is 7.01. The van der Waals surface area contributed by atoms with Gasteiger partial charge in [0.2, 0.25) is 5.91 Å². The van der Waals surface area contributed by atoms with E-state index in [0.717, 1.165) is 5.56 Å². The van der Waals surface area contributed by atoms with Crippen molar-refractivity contribution in [1.82, 2.24) is 4.90 Å². The maximum Gasteiger partial charge on any atom is 0.242 e. The third kappa shape index (κ3) is 4.75. The molecule has 0 saturated carbocycles. The van der Waals surface area contributed by atoms with Crippen LogP contribution >= 0.6 is 11.3 Å². The van der Waals surface area contributed by atoms with Gasteiger partial charge in [-0.2, -0.15) is 5.26 Å². The van der Waals surface area contributed by atoms with Crippen molar-refractivity contribution < 1.29 is 14.3 Å². The first kappa shape index (κ1) is 19.8. The summed E-state index contributed by atoms with van der Waals surface area (Å²) in [5.74, 6) is 1.23. The Labute approximate surface area is 158 Å². The maximum absolute atomic E-state index is 12.5. The smallest absolute Gasteiger partial charge is 0.242 e. The number of methoxy groups -OCH3 is 1. The van der Waals surface area contributed by atoms with E-state index in [9.17, 15) is 4.79 Å². The Morgan fingerprint density at radius 2 is 2.15 bits per heavy atom. The molecule has 0 aliphatic carbocycles. The van der Waals surface area contributed by atoms with Crippen LogP contribution in [0.1, 0.15) is 25.0 Å². The van der Waals surface area contributed by atoms with Crippen molar-refractivity contribution >= 4 is 22.2 Å². The molecule has 0 spiro atoms. The van der Waals surface area contributed by atoms with Gasteiger partial charge >= 0.3 is 0 Å². The van der Waals surface area contributed by atoms with E-state index < -0.39 is 0 Å². The van der Waals surface area contributed by atoms with Crippen LogP contribution in [0.4, 0.5) is 5.00 Å². The highest BCUT2D eigenvalue weighted by Crippen LogP contribution is 2.28. The van der Waals surface area contributed by atoms with E-state index >= 15 is 0 Å². The van der Waals surface area contributed by atoms with E-state index in [1.807, 2.05) is 44.0 Å². The second-order valence-electron chi connectivity index (χ2n) is 5.77. The minimum Gasteiger partial charge on any atom is -0.493 e. The van der Waals surface area contributed by atoms with Gasteiger partial charge in [-0.3, -0.25) is 9.69 Å². The lowest BCUT2D eigenvalue weighted by molar-refractivity contribution is -0.120. The number of hydrogen-bond acceptors (Lipinski definition) is 6. The molecule has 2 aromatic rings. The highest BCUT2D eigenvalue weighted by atomic mass is 32.1. The van der Waals surface area contributed by atoms with Crippen LogP contribution in [0.2, 0.25) is 0 Å². The number of anilines is 1. The van der Waals surface area contributed by atoms with Crippen LogP contribution in [0.15, 0.2) is 29.6 Å². The van der Waals surface area contributed by atoms with E-state index in [2.05, 4.69) is 11.4 Å². The van der Waals surface area contributed by atoms with Gasteiger partial charge in [-0.1, -0.05) is 6.07 Å². The highest BCUT2D eigenvalue weighted by molar-refractivity contribution is 7.14. The van der Waals surface area contributed by atoms with Crippen LogP contribution in [0.3, 0.4) is 0 Å². The number of hydrogen-bond donors (Lipinski definition) is 1.